The van der Waals surface area contributed by atoms with Gasteiger partial charge < -0.3 is 15.0 Å². The number of nitrogens with zero attached hydrogens (tertiary/aromatic N) is 4. The lowest BCUT2D eigenvalue weighted by Crippen LogP contribution is -2.46. The number of aromatic nitrogens is 2. The van der Waals surface area contributed by atoms with E-state index in [1.807, 2.05) is 24.3 Å². The highest BCUT2D eigenvalue weighted by molar-refractivity contribution is 7.13. The Balaban J connectivity index is 1.27. The summed E-state index contributed by atoms with van der Waals surface area (Å²) in [5.41, 5.74) is 2.98. The lowest BCUT2D eigenvalue weighted by atomic mass is 10.1. The Hall–Kier alpha value is -3.82. The number of ether oxygens (including phenoxy) is 1. The SMILES string of the molecule is Cc1c(F)cccc1NC(=O)COc1ccc(-c2cccs2)cc1CN1CCN(c2ncccn2)CC1. The van der Waals surface area contributed by atoms with Crippen LogP contribution in [0.1, 0.15) is 11.1 Å². The summed E-state index contributed by atoms with van der Waals surface area (Å²) in [4.78, 5) is 27.1. The first kappa shape index (κ1) is 24.9. The topological polar surface area (TPSA) is 70.6 Å². The van der Waals surface area contributed by atoms with E-state index in [0.29, 0.717) is 23.5 Å². The van der Waals surface area contributed by atoms with Crippen LogP contribution in [0.3, 0.4) is 0 Å². The summed E-state index contributed by atoms with van der Waals surface area (Å²) < 4.78 is 19.8. The zero-order valence-corrected chi connectivity index (χ0v) is 21.4. The van der Waals surface area contributed by atoms with Crippen molar-refractivity contribution in [2.45, 2.75) is 13.5 Å². The smallest absolute Gasteiger partial charge is 0.262 e. The Kier molecular flexibility index (Phi) is 7.72. The molecule has 5 rings (SSSR count). The van der Waals surface area contributed by atoms with Gasteiger partial charge in [-0.3, -0.25) is 9.69 Å². The molecule has 0 spiro atoms. The Bertz CT molecular complexity index is 1340. The molecule has 1 amide bonds. The molecule has 7 nitrogen and oxygen atoms in total. The summed E-state index contributed by atoms with van der Waals surface area (Å²) in [6.07, 6.45) is 3.53. The largest absolute Gasteiger partial charge is 0.483 e. The second kappa shape index (κ2) is 11.5. The zero-order valence-electron chi connectivity index (χ0n) is 20.6. The minimum atomic E-state index is -0.357. The fraction of sp³-hybridized carbons (Fsp3) is 0.250. The Morgan fingerprint density at radius 3 is 2.62 bits per heavy atom. The first-order chi connectivity index (χ1) is 18.1. The lowest BCUT2D eigenvalue weighted by Gasteiger charge is -2.35. The third-order valence-corrected chi connectivity index (χ3v) is 7.29. The van der Waals surface area contributed by atoms with Gasteiger partial charge in [0.1, 0.15) is 11.6 Å². The maximum Gasteiger partial charge on any atom is 0.262 e. The maximum atomic E-state index is 13.8. The summed E-state index contributed by atoms with van der Waals surface area (Å²) in [6, 6.07) is 16.7. The van der Waals surface area contributed by atoms with Crippen molar-refractivity contribution in [3.8, 4) is 16.2 Å². The third kappa shape index (κ3) is 6.12. The van der Waals surface area contributed by atoms with Crippen LogP contribution in [0.15, 0.2) is 72.4 Å². The lowest BCUT2D eigenvalue weighted by molar-refractivity contribution is -0.118. The highest BCUT2D eigenvalue weighted by Crippen LogP contribution is 2.31. The molecule has 4 aromatic rings. The van der Waals surface area contributed by atoms with E-state index in [2.05, 4.69) is 42.6 Å². The number of piperazine rings is 1. The van der Waals surface area contributed by atoms with Gasteiger partial charge in [-0.1, -0.05) is 12.1 Å². The predicted molar refractivity (Wildman–Crippen MR) is 145 cm³/mol. The first-order valence-corrected chi connectivity index (χ1v) is 13.0. The monoisotopic (exact) mass is 517 g/mol. The number of nitrogens with one attached hydrogen (secondary N) is 1. The molecule has 1 aliphatic heterocycles. The van der Waals surface area contributed by atoms with Crippen LogP contribution in [0.2, 0.25) is 0 Å². The number of hydrogen-bond acceptors (Lipinski definition) is 7. The molecule has 9 heteroatoms. The number of rotatable bonds is 8. The molecule has 1 N–H and O–H groups in total. The van der Waals surface area contributed by atoms with E-state index < -0.39 is 0 Å². The fourth-order valence-corrected chi connectivity index (χ4v) is 5.04. The Morgan fingerprint density at radius 2 is 1.86 bits per heavy atom. The predicted octanol–water partition coefficient (Wildman–Crippen LogP) is 4.99. The van der Waals surface area contributed by atoms with Crippen molar-refractivity contribution in [1.29, 1.82) is 0 Å². The Labute approximate surface area is 219 Å². The van der Waals surface area contributed by atoms with Crippen LogP contribution in [0.5, 0.6) is 5.75 Å². The summed E-state index contributed by atoms with van der Waals surface area (Å²) in [5.74, 6) is 0.730. The summed E-state index contributed by atoms with van der Waals surface area (Å²) >= 11 is 1.69. The van der Waals surface area contributed by atoms with Gasteiger partial charge in [-0.15, -0.1) is 11.3 Å². The number of carbonyl (C=O) groups is 1. The normalized spacial score (nSPS) is 13.9. The molecule has 190 valence electrons. The van der Waals surface area contributed by atoms with Gasteiger partial charge in [0.15, 0.2) is 6.61 Å². The standard InChI is InChI=1S/C28H28FN5O2S/c1-20-23(29)5-2-6-24(20)32-27(35)19-36-25-9-8-21(26-7-3-16-37-26)17-22(25)18-33-12-14-34(15-13-33)28-30-10-4-11-31-28/h2-11,16-17H,12-15,18-19H2,1H3,(H,32,35). The number of amides is 1. The average Bonchev–Trinajstić information content (AvgIpc) is 3.47. The van der Waals surface area contributed by atoms with Gasteiger partial charge in [0, 0.05) is 66.8 Å². The average molecular weight is 518 g/mol. The van der Waals surface area contributed by atoms with Crippen molar-refractivity contribution in [2.24, 2.45) is 0 Å². The minimum Gasteiger partial charge on any atom is -0.483 e. The summed E-state index contributed by atoms with van der Waals surface area (Å²) in [5, 5.41) is 4.80. The van der Waals surface area contributed by atoms with Gasteiger partial charge in [0.05, 0.1) is 0 Å². The van der Waals surface area contributed by atoms with E-state index in [9.17, 15) is 9.18 Å². The quantitative estimate of drug-likeness (QED) is 0.355. The highest BCUT2D eigenvalue weighted by atomic mass is 32.1. The second-order valence-electron chi connectivity index (χ2n) is 8.86. The van der Waals surface area contributed by atoms with Crippen LogP contribution in [-0.4, -0.2) is 53.6 Å². The van der Waals surface area contributed by atoms with E-state index in [1.165, 1.54) is 10.9 Å². The number of carbonyl (C=O) groups excluding carboxylic acids is 1. The van der Waals surface area contributed by atoms with Crippen molar-refractivity contribution in [3.63, 3.8) is 0 Å². The number of halogens is 1. The number of thiophene rings is 1. The van der Waals surface area contributed by atoms with Gasteiger partial charge in [0.25, 0.3) is 5.91 Å². The van der Waals surface area contributed by atoms with Crippen LogP contribution < -0.4 is 15.0 Å². The molecule has 2 aromatic heterocycles. The molecule has 1 aliphatic rings. The van der Waals surface area contributed by atoms with Crippen LogP contribution >= 0.6 is 11.3 Å². The number of benzene rings is 2. The summed E-state index contributed by atoms with van der Waals surface area (Å²) in [6.45, 7) is 5.56. The second-order valence-corrected chi connectivity index (χ2v) is 9.81. The van der Waals surface area contributed by atoms with Gasteiger partial charge in [0.2, 0.25) is 5.95 Å². The van der Waals surface area contributed by atoms with Crippen molar-refractivity contribution >= 4 is 28.9 Å². The molecule has 0 atom stereocenters. The van der Waals surface area contributed by atoms with Crippen molar-refractivity contribution in [2.75, 3.05) is 43.0 Å². The molecule has 37 heavy (non-hydrogen) atoms. The van der Waals surface area contributed by atoms with E-state index in [1.54, 1.807) is 42.8 Å². The molecule has 1 saturated heterocycles. The molecule has 0 aliphatic carbocycles. The molecular formula is C28H28FN5O2S. The molecular weight excluding hydrogens is 489 g/mol. The van der Waals surface area contributed by atoms with Gasteiger partial charge >= 0.3 is 0 Å². The first-order valence-electron chi connectivity index (χ1n) is 12.2. The molecule has 0 unspecified atom stereocenters. The summed E-state index contributed by atoms with van der Waals surface area (Å²) in [7, 11) is 0. The minimum absolute atomic E-state index is 0.166. The highest BCUT2D eigenvalue weighted by Gasteiger charge is 2.21. The van der Waals surface area contributed by atoms with E-state index >= 15 is 0 Å². The van der Waals surface area contributed by atoms with E-state index in [-0.39, 0.29) is 18.3 Å². The van der Waals surface area contributed by atoms with Crippen LogP contribution in [-0.2, 0) is 11.3 Å². The van der Waals surface area contributed by atoms with Gasteiger partial charge in [-0.25, -0.2) is 14.4 Å². The van der Waals surface area contributed by atoms with Gasteiger partial charge in [-0.2, -0.15) is 0 Å². The molecule has 2 aromatic carbocycles. The van der Waals surface area contributed by atoms with Crippen LogP contribution in [0.25, 0.3) is 10.4 Å². The zero-order chi connectivity index (χ0) is 25.6. The van der Waals surface area contributed by atoms with Crippen molar-refractivity contribution < 1.29 is 13.9 Å². The van der Waals surface area contributed by atoms with E-state index in [0.717, 1.165) is 43.3 Å². The molecule has 0 saturated carbocycles. The number of anilines is 2. The van der Waals surface area contributed by atoms with Crippen molar-refractivity contribution in [1.82, 2.24) is 14.9 Å². The Morgan fingerprint density at radius 1 is 1.05 bits per heavy atom. The van der Waals surface area contributed by atoms with Crippen LogP contribution in [0.4, 0.5) is 16.0 Å². The van der Waals surface area contributed by atoms with Gasteiger partial charge in [-0.05, 0) is 60.3 Å². The molecule has 1 fully saturated rings. The molecule has 3 heterocycles. The van der Waals surface area contributed by atoms with Crippen LogP contribution in [0, 0.1) is 12.7 Å². The maximum absolute atomic E-state index is 13.8. The van der Waals surface area contributed by atoms with E-state index in [4.69, 9.17) is 4.74 Å². The molecule has 0 radical (unpaired) electrons. The molecule has 0 bridgehead atoms. The van der Waals surface area contributed by atoms with Crippen molar-refractivity contribution in [3.05, 3.63) is 89.3 Å². The fourth-order valence-electron chi connectivity index (χ4n) is 4.31. The number of hydrogen-bond donors (Lipinski definition) is 1. The third-order valence-electron chi connectivity index (χ3n) is 6.37.